The van der Waals surface area contributed by atoms with Crippen LogP contribution in [-0.4, -0.2) is 13.1 Å². The van der Waals surface area contributed by atoms with Crippen molar-refractivity contribution in [3.8, 4) is 5.75 Å². The first-order chi connectivity index (χ1) is 9.61. The van der Waals surface area contributed by atoms with Gasteiger partial charge in [-0.05, 0) is 24.1 Å². The number of hydrogen-bond donors (Lipinski definition) is 0. The fraction of sp³-hybridized carbons (Fsp3) is 0.188. The summed E-state index contributed by atoms with van der Waals surface area (Å²) in [6.45, 7) is 1.84. The average molecular weight is 274 g/mol. The summed E-state index contributed by atoms with van der Waals surface area (Å²) >= 11 is 0. The predicted molar refractivity (Wildman–Crippen MR) is 73.3 cm³/mol. The lowest BCUT2D eigenvalue weighted by atomic mass is 10.1. The van der Waals surface area contributed by atoms with Gasteiger partial charge in [-0.1, -0.05) is 30.3 Å². The summed E-state index contributed by atoms with van der Waals surface area (Å²) in [6.07, 6.45) is 0. The minimum absolute atomic E-state index is 0.184. The molecule has 20 heavy (non-hydrogen) atoms. The molecule has 0 N–H and O–H groups in total. The molecule has 0 aliphatic heterocycles. The lowest BCUT2D eigenvalue weighted by molar-refractivity contribution is 0.0595. The molecule has 0 atom stereocenters. The maximum atomic E-state index is 13.6. The summed E-state index contributed by atoms with van der Waals surface area (Å²) in [6, 6.07) is 12.1. The van der Waals surface area contributed by atoms with E-state index in [1.54, 1.807) is 6.92 Å². The SMILES string of the molecule is COC(=O)c1cc(C)c(F)cc1OCc1ccccc1. The van der Waals surface area contributed by atoms with Gasteiger partial charge in [0.05, 0.1) is 7.11 Å². The summed E-state index contributed by atoms with van der Waals surface area (Å²) in [5.41, 5.74) is 1.53. The molecular weight excluding hydrogens is 259 g/mol. The number of ether oxygens (including phenoxy) is 2. The molecule has 0 radical (unpaired) electrons. The number of carbonyl (C=O) groups is 1. The molecule has 0 fully saturated rings. The van der Waals surface area contributed by atoms with Gasteiger partial charge in [0.15, 0.2) is 0 Å². The maximum absolute atomic E-state index is 13.6. The van der Waals surface area contributed by atoms with Crippen molar-refractivity contribution in [2.45, 2.75) is 13.5 Å². The summed E-state index contributed by atoms with van der Waals surface area (Å²) in [7, 11) is 1.28. The first-order valence-corrected chi connectivity index (χ1v) is 6.17. The molecule has 0 aromatic heterocycles. The molecule has 0 spiro atoms. The number of benzene rings is 2. The second-order valence-electron chi connectivity index (χ2n) is 4.36. The van der Waals surface area contributed by atoms with Crippen LogP contribution >= 0.6 is 0 Å². The number of esters is 1. The quantitative estimate of drug-likeness (QED) is 0.800. The molecule has 2 aromatic carbocycles. The fourth-order valence-electron chi connectivity index (χ4n) is 1.79. The van der Waals surface area contributed by atoms with Crippen LogP contribution in [0.3, 0.4) is 0 Å². The first-order valence-electron chi connectivity index (χ1n) is 6.17. The Morgan fingerprint density at radius 1 is 1.20 bits per heavy atom. The molecule has 0 aliphatic rings. The highest BCUT2D eigenvalue weighted by Gasteiger charge is 2.16. The van der Waals surface area contributed by atoms with Crippen molar-refractivity contribution in [3.63, 3.8) is 0 Å². The van der Waals surface area contributed by atoms with Crippen LogP contribution in [0.5, 0.6) is 5.75 Å². The van der Waals surface area contributed by atoms with Crippen molar-refractivity contribution < 1.29 is 18.7 Å². The Bertz CT molecular complexity index is 609. The van der Waals surface area contributed by atoms with Gasteiger partial charge < -0.3 is 9.47 Å². The van der Waals surface area contributed by atoms with Crippen molar-refractivity contribution in [3.05, 3.63) is 65.0 Å². The zero-order valence-electron chi connectivity index (χ0n) is 11.4. The second kappa shape index (κ2) is 6.19. The minimum atomic E-state index is -0.545. The van der Waals surface area contributed by atoms with Gasteiger partial charge in [-0.25, -0.2) is 9.18 Å². The molecule has 0 saturated heterocycles. The molecule has 0 saturated carbocycles. The Morgan fingerprint density at radius 3 is 2.55 bits per heavy atom. The summed E-state index contributed by atoms with van der Waals surface area (Å²) in [5.74, 6) is -0.777. The molecule has 2 rings (SSSR count). The van der Waals surface area contributed by atoms with E-state index in [2.05, 4.69) is 4.74 Å². The first kappa shape index (κ1) is 14.1. The summed E-state index contributed by atoms with van der Waals surface area (Å²) < 4.78 is 23.8. The topological polar surface area (TPSA) is 35.5 Å². The lowest BCUT2D eigenvalue weighted by Crippen LogP contribution is -2.07. The molecule has 0 aliphatic carbocycles. The zero-order chi connectivity index (χ0) is 14.5. The number of methoxy groups -OCH3 is 1. The Morgan fingerprint density at radius 2 is 1.90 bits per heavy atom. The van der Waals surface area contributed by atoms with Crippen LogP contribution in [0.15, 0.2) is 42.5 Å². The van der Waals surface area contributed by atoms with E-state index >= 15 is 0 Å². The third kappa shape index (κ3) is 3.15. The smallest absolute Gasteiger partial charge is 0.341 e. The fourth-order valence-corrected chi connectivity index (χ4v) is 1.79. The largest absolute Gasteiger partial charge is 0.488 e. The average Bonchev–Trinajstić information content (AvgIpc) is 2.48. The van der Waals surface area contributed by atoms with Crippen LogP contribution in [0.1, 0.15) is 21.5 Å². The Labute approximate surface area is 117 Å². The van der Waals surface area contributed by atoms with Crippen molar-refractivity contribution in [2.24, 2.45) is 0 Å². The van der Waals surface area contributed by atoms with E-state index in [0.717, 1.165) is 5.56 Å². The molecule has 3 nitrogen and oxygen atoms in total. The third-order valence-electron chi connectivity index (χ3n) is 2.90. The zero-order valence-corrected chi connectivity index (χ0v) is 11.4. The van der Waals surface area contributed by atoms with Crippen LogP contribution in [0.4, 0.5) is 4.39 Å². The molecular formula is C16H15FO3. The lowest BCUT2D eigenvalue weighted by Gasteiger charge is -2.11. The number of halogens is 1. The number of aryl methyl sites for hydroxylation is 1. The summed E-state index contributed by atoms with van der Waals surface area (Å²) in [5, 5.41) is 0. The van der Waals surface area contributed by atoms with E-state index in [9.17, 15) is 9.18 Å². The van der Waals surface area contributed by atoms with Crippen molar-refractivity contribution in [1.82, 2.24) is 0 Å². The highest BCUT2D eigenvalue weighted by molar-refractivity contribution is 5.92. The molecule has 4 heteroatoms. The number of carbonyl (C=O) groups excluding carboxylic acids is 1. The van der Waals surface area contributed by atoms with Gasteiger partial charge in [0.1, 0.15) is 23.7 Å². The summed E-state index contributed by atoms with van der Waals surface area (Å²) in [4.78, 5) is 11.7. The van der Waals surface area contributed by atoms with Gasteiger partial charge in [0.2, 0.25) is 0 Å². The highest BCUT2D eigenvalue weighted by atomic mass is 19.1. The molecule has 0 unspecified atom stereocenters. The Balaban J connectivity index is 2.26. The third-order valence-corrected chi connectivity index (χ3v) is 2.90. The highest BCUT2D eigenvalue weighted by Crippen LogP contribution is 2.24. The molecule has 104 valence electrons. The minimum Gasteiger partial charge on any atom is -0.488 e. The van der Waals surface area contributed by atoms with Gasteiger partial charge in [0.25, 0.3) is 0 Å². The van der Waals surface area contributed by atoms with Gasteiger partial charge in [-0.3, -0.25) is 0 Å². The van der Waals surface area contributed by atoms with E-state index in [4.69, 9.17) is 4.74 Å². The molecule has 0 heterocycles. The van der Waals surface area contributed by atoms with Crippen LogP contribution in [-0.2, 0) is 11.3 Å². The predicted octanol–water partition coefficient (Wildman–Crippen LogP) is 3.50. The van der Waals surface area contributed by atoms with Crippen molar-refractivity contribution >= 4 is 5.97 Å². The van der Waals surface area contributed by atoms with Gasteiger partial charge in [0, 0.05) is 6.07 Å². The van der Waals surface area contributed by atoms with Crippen LogP contribution in [0.2, 0.25) is 0 Å². The number of rotatable bonds is 4. The van der Waals surface area contributed by atoms with E-state index < -0.39 is 11.8 Å². The van der Waals surface area contributed by atoms with E-state index in [1.165, 1.54) is 19.2 Å². The molecule has 0 amide bonds. The molecule has 0 bridgehead atoms. The van der Waals surface area contributed by atoms with Crippen molar-refractivity contribution in [2.75, 3.05) is 7.11 Å². The standard InChI is InChI=1S/C16H15FO3/c1-11-8-13(16(18)19-2)15(9-14(11)17)20-10-12-6-4-3-5-7-12/h3-9H,10H2,1-2H3. The van der Waals surface area contributed by atoms with Crippen LogP contribution in [0.25, 0.3) is 0 Å². The van der Waals surface area contributed by atoms with Crippen LogP contribution < -0.4 is 4.74 Å². The monoisotopic (exact) mass is 274 g/mol. The molecule has 2 aromatic rings. The van der Waals surface area contributed by atoms with Crippen LogP contribution in [0, 0.1) is 12.7 Å². The normalized spacial score (nSPS) is 10.2. The number of hydrogen-bond acceptors (Lipinski definition) is 3. The maximum Gasteiger partial charge on any atom is 0.341 e. The van der Waals surface area contributed by atoms with Gasteiger partial charge in [-0.2, -0.15) is 0 Å². The van der Waals surface area contributed by atoms with Gasteiger partial charge >= 0.3 is 5.97 Å². The van der Waals surface area contributed by atoms with E-state index in [0.29, 0.717) is 5.56 Å². The van der Waals surface area contributed by atoms with Gasteiger partial charge in [-0.15, -0.1) is 0 Å². The second-order valence-corrected chi connectivity index (χ2v) is 4.36. The Hall–Kier alpha value is -2.36. The van der Waals surface area contributed by atoms with E-state index in [1.807, 2.05) is 30.3 Å². The van der Waals surface area contributed by atoms with E-state index in [-0.39, 0.29) is 17.9 Å². The Kier molecular flexibility index (Phi) is 4.35. The van der Waals surface area contributed by atoms with Crippen molar-refractivity contribution in [1.29, 1.82) is 0 Å².